The number of carboxylic acid groups (broad SMARTS) is 1. The fourth-order valence-electron chi connectivity index (χ4n) is 3.12. The Bertz CT molecular complexity index is 710. The average Bonchev–Trinajstić information content (AvgIpc) is 3.08. The number of rotatable bonds is 4. The summed E-state index contributed by atoms with van der Waals surface area (Å²) in [4.78, 5) is 25.7. The second kappa shape index (κ2) is 6.86. The Hall–Kier alpha value is -2.63. The Morgan fingerprint density at radius 3 is 2.67 bits per heavy atom. The minimum absolute atomic E-state index is 0.208. The molecule has 1 aromatic heterocycles. The third-order valence-electron chi connectivity index (χ3n) is 4.52. The lowest BCUT2D eigenvalue weighted by atomic mass is 9.92. The van der Waals surface area contributed by atoms with E-state index in [1.807, 2.05) is 36.0 Å². The number of amides is 1. The Balaban J connectivity index is 1.73. The summed E-state index contributed by atoms with van der Waals surface area (Å²) in [6.07, 6.45) is 4.96. The zero-order valence-corrected chi connectivity index (χ0v) is 13.6. The van der Waals surface area contributed by atoms with Gasteiger partial charge in [-0.3, -0.25) is 9.48 Å². The van der Waals surface area contributed by atoms with Crippen LogP contribution in [-0.4, -0.2) is 44.3 Å². The molecule has 6 nitrogen and oxygen atoms in total. The van der Waals surface area contributed by atoms with E-state index in [2.05, 4.69) is 5.10 Å². The number of piperidine rings is 1. The van der Waals surface area contributed by atoms with Crippen LogP contribution in [0.2, 0.25) is 0 Å². The highest BCUT2D eigenvalue weighted by atomic mass is 16.4. The molecule has 1 fully saturated rings. The van der Waals surface area contributed by atoms with Gasteiger partial charge in [-0.1, -0.05) is 19.1 Å². The highest BCUT2D eigenvalue weighted by molar-refractivity contribution is 5.96. The highest BCUT2D eigenvalue weighted by Crippen LogP contribution is 2.24. The summed E-state index contributed by atoms with van der Waals surface area (Å²) < 4.78 is 1.81. The molecular weight excluding hydrogens is 306 g/mol. The second-order valence-electron chi connectivity index (χ2n) is 6.38. The SMILES string of the molecule is CC1CCN(C(=O)c2ccc(Cn3cccn3)cc2)C(C(=O)O)C1. The predicted molar refractivity (Wildman–Crippen MR) is 88.6 cm³/mol. The fraction of sp³-hybridized carbons (Fsp3) is 0.389. The normalized spacial score (nSPS) is 20.8. The number of benzene rings is 1. The van der Waals surface area contributed by atoms with Crippen molar-refractivity contribution >= 4 is 11.9 Å². The molecule has 0 aliphatic carbocycles. The first kappa shape index (κ1) is 16.2. The average molecular weight is 327 g/mol. The van der Waals surface area contributed by atoms with E-state index in [9.17, 15) is 14.7 Å². The van der Waals surface area contributed by atoms with Gasteiger partial charge in [-0.25, -0.2) is 4.79 Å². The van der Waals surface area contributed by atoms with E-state index >= 15 is 0 Å². The van der Waals surface area contributed by atoms with Crippen molar-refractivity contribution in [3.05, 3.63) is 53.9 Å². The van der Waals surface area contributed by atoms with Gasteiger partial charge in [0.05, 0.1) is 6.54 Å². The van der Waals surface area contributed by atoms with Gasteiger partial charge in [0.1, 0.15) is 6.04 Å². The lowest BCUT2D eigenvalue weighted by molar-refractivity contribution is -0.144. The Morgan fingerprint density at radius 1 is 1.29 bits per heavy atom. The number of aliphatic carboxylic acids is 1. The molecule has 126 valence electrons. The molecule has 1 aromatic carbocycles. The summed E-state index contributed by atoms with van der Waals surface area (Å²) in [5.74, 6) is -0.809. The summed E-state index contributed by atoms with van der Waals surface area (Å²) in [7, 11) is 0. The maximum absolute atomic E-state index is 12.7. The number of carboxylic acids is 1. The first-order valence-electron chi connectivity index (χ1n) is 8.14. The van der Waals surface area contributed by atoms with Crippen molar-refractivity contribution in [2.75, 3.05) is 6.54 Å². The molecule has 0 saturated carbocycles. The smallest absolute Gasteiger partial charge is 0.326 e. The lowest BCUT2D eigenvalue weighted by Gasteiger charge is -2.36. The monoisotopic (exact) mass is 327 g/mol. The van der Waals surface area contributed by atoms with Gasteiger partial charge < -0.3 is 10.0 Å². The highest BCUT2D eigenvalue weighted by Gasteiger charge is 2.35. The van der Waals surface area contributed by atoms with Crippen molar-refractivity contribution in [2.24, 2.45) is 5.92 Å². The first-order chi connectivity index (χ1) is 11.5. The van der Waals surface area contributed by atoms with Crippen molar-refractivity contribution in [1.29, 1.82) is 0 Å². The van der Waals surface area contributed by atoms with Crippen LogP contribution in [0.1, 0.15) is 35.7 Å². The summed E-state index contributed by atoms with van der Waals surface area (Å²) >= 11 is 0. The molecule has 2 atom stereocenters. The van der Waals surface area contributed by atoms with Gasteiger partial charge in [0.25, 0.3) is 5.91 Å². The topological polar surface area (TPSA) is 75.4 Å². The number of hydrogen-bond acceptors (Lipinski definition) is 3. The van der Waals surface area contributed by atoms with Crippen LogP contribution in [0.25, 0.3) is 0 Å². The minimum Gasteiger partial charge on any atom is -0.480 e. The molecule has 1 saturated heterocycles. The third kappa shape index (κ3) is 3.48. The third-order valence-corrected chi connectivity index (χ3v) is 4.52. The van der Waals surface area contributed by atoms with E-state index in [4.69, 9.17) is 0 Å². The van der Waals surface area contributed by atoms with E-state index < -0.39 is 12.0 Å². The summed E-state index contributed by atoms with van der Waals surface area (Å²) in [5, 5.41) is 13.6. The Labute approximate surface area is 140 Å². The van der Waals surface area contributed by atoms with Gasteiger partial charge in [0.2, 0.25) is 0 Å². The fourth-order valence-corrected chi connectivity index (χ4v) is 3.12. The molecule has 3 rings (SSSR count). The van der Waals surface area contributed by atoms with Gasteiger partial charge in [0, 0.05) is 24.5 Å². The molecule has 1 aliphatic heterocycles. The van der Waals surface area contributed by atoms with Crippen LogP contribution in [0, 0.1) is 5.92 Å². The van der Waals surface area contributed by atoms with Crippen molar-refractivity contribution in [1.82, 2.24) is 14.7 Å². The van der Waals surface area contributed by atoms with Gasteiger partial charge in [-0.05, 0) is 42.5 Å². The van der Waals surface area contributed by atoms with Gasteiger partial charge in [-0.15, -0.1) is 0 Å². The van der Waals surface area contributed by atoms with Crippen molar-refractivity contribution < 1.29 is 14.7 Å². The number of nitrogens with zero attached hydrogens (tertiary/aromatic N) is 3. The number of carbonyl (C=O) groups excluding carboxylic acids is 1. The van der Waals surface area contributed by atoms with Crippen LogP contribution in [0.15, 0.2) is 42.7 Å². The minimum atomic E-state index is -0.926. The number of carbonyl (C=O) groups is 2. The second-order valence-corrected chi connectivity index (χ2v) is 6.38. The molecule has 2 aromatic rings. The summed E-state index contributed by atoms with van der Waals surface area (Å²) in [6.45, 7) is 3.16. The van der Waals surface area contributed by atoms with E-state index in [-0.39, 0.29) is 5.91 Å². The van der Waals surface area contributed by atoms with Crippen LogP contribution in [0.4, 0.5) is 0 Å². The molecule has 2 heterocycles. The summed E-state index contributed by atoms with van der Waals surface area (Å²) in [6, 6.07) is 8.43. The number of likely N-dealkylation sites (tertiary alicyclic amines) is 1. The van der Waals surface area contributed by atoms with Gasteiger partial charge >= 0.3 is 5.97 Å². The van der Waals surface area contributed by atoms with Gasteiger partial charge in [0.15, 0.2) is 0 Å². The zero-order chi connectivity index (χ0) is 17.1. The maximum Gasteiger partial charge on any atom is 0.326 e. The maximum atomic E-state index is 12.7. The molecule has 2 unspecified atom stereocenters. The van der Waals surface area contributed by atoms with Crippen molar-refractivity contribution in [3.8, 4) is 0 Å². The first-order valence-corrected chi connectivity index (χ1v) is 8.14. The summed E-state index contributed by atoms with van der Waals surface area (Å²) in [5.41, 5.74) is 1.57. The predicted octanol–water partition coefficient (Wildman–Crippen LogP) is 2.26. The van der Waals surface area contributed by atoms with Crippen LogP contribution in [0.3, 0.4) is 0 Å². The van der Waals surface area contributed by atoms with Crippen molar-refractivity contribution in [3.63, 3.8) is 0 Å². The molecule has 24 heavy (non-hydrogen) atoms. The van der Waals surface area contributed by atoms with Crippen LogP contribution >= 0.6 is 0 Å². The molecule has 6 heteroatoms. The van der Waals surface area contributed by atoms with Crippen LogP contribution in [0.5, 0.6) is 0 Å². The Morgan fingerprint density at radius 2 is 2.04 bits per heavy atom. The lowest BCUT2D eigenvalue weighted by Crippen LogP contribution is -2.49. The molecule has 1 N–H and O–H groups in total. The number of hydrogen-bond donors (Lipinski definition) is 1. The Kier molecular flexibility index (Phi) is 4.64. The molecular formula is C18H21N3O3. The van der Waals surface area contributed by atoms with E-state index in [1.165, 1.54) is 4.90 Å². The van der Waals surface area contributed by atoms with E-state index in [1.54, 1.807) is 18.3 Å². The van der Waals surface area contributed by atoms with Crippen LogP contribution < -0.4 is 0 Å². The van der Waals surface area contributed by atoms with E-state index in [0.29, 0.717) is 31.0 Å². The largest absolute Gasteiger partial charge is 0.480 e. The van der Waals surface area contributed by atoms with E-state index in [0.717, 1.165) is 12.0 Å². The molecule has 1 amide bonds. The molecule has 1 aliphatic rings. The standard InChI is InChI=1S/C18H21N3O3/c1-13-7-10-21(16(11-13)18(23)24)17(22)15-5-3-14(4-6-15)12-20-9-2-8-19-20/h2-6,8-9,13,16H,7,10-12H2,1H3,(H,23,24). The van der Waals surface area contributed by atoms with Crippen molar-refractivity contribution in [2.45, 2.75) is 32.4 Å². The molecule has 0 bridgehead atoms. The zero-order valence-electron chi connectivity index (χ0n) is 13.6. The molecule has 0 radical (unpaired) electrons. The van der Waals surface area contributed by atoms with Crippen LogP contribution in [-0.2, 0) is 11.3 Å². The molecule has 0 spiro atoms. The quantitative estimate of drug-likeness (QED) is 0.934. The van der Waals surface area contributed by atoms with Gasteiger partial charge in [-0.2, -0.15) is 5.10 Å². The number of aromatic nitrogens is 2.